The van der Waals surface area contributed by atoms with Crippen LogP contribution in [0.25, 0.3) is 10.2 Å². The molecule has 0 aliphatic heterocycles. The van der Waals surface area contributed by atoms with Crippen molar-refractivity contribution < 1.29 is 0 Å². The molecule has 4 heteroatoms. The Morgan fingerprint density at radius 2 is 2.04 bits per heavy atom. The molecule has 0 atom stereocenters. The number of anilines is 1. The van der Waals surface area contributed by atoms with E-state index in [9.17, 15) is 0 Å². The molecule has 2 heterocycles. The second-order valence-corrected chi connectivity index (χ2v) is 7.81. The molecule has 2 aromatic rings. The summed E-state index contributed by atoms with van der Waals surface area (Å²) in [5, 5.41) is 3.79. The second-order valence-electron chi connectivity index (χ2n) is 6.79. The molecule has 128 valence electrons. The SMILES string of the molecule is CC#Cc1sc2c(NC3CCC(N(C)C)CC3)ccnc2c1CC. The molecule has 0 amide bonds. The fourth-order valence-electron chi connectivity index (χ4n) is 3.65. The number of hydrogen-bond acceptors (Lipinski definition) is 4. The molecular weight excluding hydrogens is 314 g/mol. The summed E-state index contributed by atoms with van der Waals surface area (Å²) in [5.74, 6) is 6.30. The van der Waals surface area contributed by atoms with Crippen LogP contribution in [0, 0.1) is 11.8 Å². The Labute approximate surface area is 149 Å². The van der Waals surface area contributed by atoms with Crippen molar-refractivity contribution in [1.82, 2.24) is 9.88 Å². The Bertz CT molecular complexity index is 758. The lowest BCUT2D eigenvalue weighted by atomic mass is 9.90. The normalized spacial score (nSPS) is 20.9. The molecule has 1 N–H and O–H groups in total. The molecule has 0 spiro atoms. The van der Waals surface area contributed by atoms with Gasteiger partial charge in [-0.15, -0.1) is 17.3 Å². The van der Waals surface area contributed by atoms with E-state index in [1.165, 1.54) is 46.5 Å². The number of nitrogens with zero attached hydrogens (tertiary/aromatic N) is 2. The lowest BCUT2D eigenvalue weighted by molar-refractivity contribution is 0.221. The third kappa shape index (κ3) is 3.43. The Balaban J connectivity index is 1.84. The van der Waals surface area contributed by atoms with E-state index in [0.29, 0.717) is 6.04 Å². The second kappa shape index (κ2) is 7.55. The molecule has 3 rings (SSSR count). The molecule has 0 unspecified atom stereocenters. The van der Waals surface area contributed by atoms with Crippen LogP contribution in [0.4, 0.5) is 5.69 Å². The summed E-state index contributed by atoms with van der Waals surface area (Å²) in [6.07, 6.45) is 7.94. The van der Waals surface area contributed by atoms with Crippen molar-refractivity contribution in [3.8, 4) is 11.8 Å². The van der Waals surface area contributed by atoms with Crippen molar-refractivity contribution in [3.63, 3.8) is 0 Å². The number of fused-ring (bicyclic) bond motifs is 1. The van der Waals surface area contributed by atoms with Gasteiger partial charge in [-0.2, -0.15) is 0 Å². The molecule has 0 radical (unpaired) electrons. The van der Waals surface area contributed by atoms with Gasteiger partial charge in [-0.3, -0.25) is 4.98 Å². The quantitative estimate of drug-likeness (QED) is 0.829. The van der Waals surface area contributed by atoms with Crippen LogP contribution in [0.1, 0.15) is 50.0 Å². The molecule has 1 aliphatic carbocycles. The van der Waals surface area contributed by atoms with E-state index in [4.69, 9.17) is 0 Å². The van der Waals surface area contributed by atoms with Gasteiger partial charge in [0.2, 0.25) is 0 Å². The first-order valence-corrected chi connectivity index (χ1v) is 9.71. The highest BCUT2D eigenvalue weighted by Crippen LogP contribution is 2.36. The first kappa shape index (κ1) is 17.3. The van der Waals surface area contributed by atoms with Crippen LogP contribution in [0.3, 0.4) is 0 Å². The highest BCUT2D eigenvalue weighted by Gasteiger charge is 2.23. The van der Waals surface area contributed by atoms with Crippen LogP contribution in [0.2, 0.25) is 0 Å². The Morgan fingerprint density at radius 3 is 2.67 bits per heavy atom. The predicted molar refractivity (Wildman–Crippen MR) is 105 cm³/mol. The standard InChI is InChI=1S/C20H27N3S/c1-5-7-18-16(6-2)19-20(24-18)17(12-13-21-19)22-14-8-10-15(11-9-14)23(3)4/h12-15H,6,8-11H2,1-4H3,(H,21,22). The number of thiophene rings is 1. The molecule has 1 fully saturated rings. The lowest BCUT2D eigenvalue weighted by Crippen LogP contribution is -2.36. The maximum atomic E-state index is 4.64. The van der Waals surface area contributed by atoms with Crippen molar-refractivity contribution >= 4 is 27.2 Å². The van der Waals surface area contributed by atoms with Crippen molar-refractivity contribution in [3.05, 3.63) is 22.7 Å². The van der Waals surface area contributed by atoms with Gasteiger partial charge in [-0.1, -0.05) is 12.8 Å². The van der Waals surface area contributed by atoms with Crippen LogP contribution < -0.4 is 5.32 Å². The highest BCUT2D eigenvalue weighted by atomic mass is 32.1. The maximum absolute atomic E-state index is 4.64. The first-order chi connectivity index (χ1) is 11.6. The van der Waals surface area contributed by atoms with Crippen molar-refractivity contribution in [1.29, 1.82) is 0 Å². The van der Waals surface area contributed by atoms with Crippen LogP contribution in [0.5, 0.6) is 0 Å². The average molecular weight is 342 g/mol. The minimum atomic E-state index is 0.569. The fourth-order valence-corrected chi connectivity index (χ4v) is 4.88. The van der Waals surface area contributed by atoms with Crippen molar-refractivity contribution in [2.45, 2.75) is 58.0 Å². The lowest BCUT2D eigenvalue weighted by Gasteiger charge is -2.33. The van der Waals surface area contributed by atoms with Gasteiger partial charge in [0.25, 0.3) is 0 Å². The highest BCUT2D eigenvalue weighted by molar-refractivity contribution is 7.20. The zero-order chi connectivity index (χ0) is 17.1. The third-order valence-corrected chi connectivity index (χ3v) is 6.22. The number of rotatable bonds is 4. The van der Waals surface area contributed by atoms with Crippen LogP contribution >= 0.6 is 11.3 Å². The van der Waals surface area contributed by atoms with Crippen molar-refractivity contribution in [2.75, 3.05) is 19.4 Å². The van der Waals surface area contributed by atoms with Gasteiger partial charge >= 0.3 is 0 Å². The van der Waals surface area contributed by atoms with Crippen LogP contribution in [-0.2, 0) is 6.42 Å². The number of pyridine rings is 1. The summed E-state index contributed by atoms with van der Waals surface area (Å²) < 4.78 is 1.27. The van der Waals surface area contributed by atoms with Gasteiger partial charge in [0.1, 0.15) is 0 Å². The van der Waals surface area contributed by atoms with Gasteiger partial charge in [0.05, 0.1) is 20.8 Å². The fraction of sp³-hybridized carbons (Fsp3) is 0.550. The summed E-state index contributed by atoms with van der Waals surface area (Å²) >= 11 is 1.79. The Kier molecular flexibility index (Phi) is 5.43. The Hall–Kier alpha value is -1.57. The van der Waals surface area contributed by atoms with E-state index in [2.05, 4.69) is 54.1 Å². The molecule has 3 nitrogen and oxygen atoms in total. The molecular formula is C20H27N3S. The van der Waals surface area contributed by atoms with E-state index in [1.807, 2.05) is 13.1 Å². The number of hydrogen-bond donors (Lipinski definition) is 1. The molecule has 0 saturated heterocycles. The third-order valence-electron chi connectivity index (χ3n) is 5.05. The van der Waals surface area contributed by atoms with Crippen molar-refractivity contribution in [2.24, 2.45) is 0 Å². The van der Waals surface area contributed by atoms with Gasteiger partial charge in [0, 0.05) is 23.8 Å². The summed E-state index contributed by atoms with van der Waals surface area (Å²) in [4.78, 5) is 8.18. The molecule has 1 aliphatic rings. The summed E-state index contributed by atoms with van der Waals surface area (Å²) in [7, 11) is 4.39. The molecule has 0 bridgehead atoms. The Morgan fingerprint density at radius 1 is 1.29 bits per heavy atom. The van der Waals surface area contributed by atoms with Gasteiger partial charge in [0.15, 0.2) is 0 Å². The van der Waals surface area contributed by atoms with E-state index in [-0.39, 0.29) is 0 Å². The van der Waals surface area contributed by atoms with E-state index in [1.54, 1.807) is 11.3 Å². The first-order valence-electron chi connectivity index (χ1n) is 8.90. The topological polar surface area (TPSA) is 28.2 Å². The number of aromatic nitrogens is 1. The zero-order valence-corrected chi connectivity index (χ0v) is 16.0. The molecule has 24 heavy (non-hydrogen) atoms. The van der Waals surface area contributed by atoms with Crippen LogP contribution in [0.15, 0.2) is 12.3 Å². The molecule has 2 aromatic heterocycles. The van der Waals surface area contributed by atoms with Crippen LogP contribution in [-0.4, -0.2) is 36.1 Å². The largest absolute Gasteiger partial charge is 0.381 e. The van der Waals surface area contributed by atoms with E-state index in [0.717, 1.165) is 18.0 Å². The average Bonchev–Trinajstić information content (AvgIpc) is 2.94. The van der Waals surface area contributed by atoms with E-state index < -0.39 is 0 Å². The minimum absolute atomic E-state index is 0.569. The molecule has 1 saturated carbocycles. The monoisotopic (exact) mass is 341 g/mol. The summed E-state index contributed by atoms with van der Waals surface area (Å²) in [5.41, 5.74) is 3.66. The number of nitrogens with one attached hydrogen (secondary N) is 1. The maximum Gasteiger partial charge on any atom is 0.0875 e. The zero-order valence-electron chi connectivity index (χ0n) is 15.1. The summed E-state index contributed by atoms with van der Waals surface area (Å²) in [6.45, 7) is 4.09. The molecule has 0 aromatic carbocycles. The smallest absolute Gasteiger partial charge is 0.0875 e. The van der Waals surface area contributed by atoms with Gasteiger partial charge in [-0.05, 0) is 59.2 Å². The van der Waals surface area contributed by atoms with Gasteiger partial charge < -0.3 is 10.2 Å². The predicted octanol–water partition coefficient (Wildman–Crippen LogP) is 4.51. The summed E-state index contributed by atoms with van der Waals surface area (Å²) in [6, 6.07) is 3.43. The van der Waals surface area contributed by atoms with Gasteiger partial charge in [-0.25, -0.2) is 0 Å². The minimum Gasteiger partial charge on any atom is -0.381 e. The van der Waals surface area contributed by atoms with E-state index >= 15 is 0 Å². The number of aryl methyl sites for hydroxylation is 1.